The van der Waals surface area contributed by atoms with Crippen LogP contribution in [0, 0.1) is 0 Å². The van der Waals surface area contributed by atoms with Crippen molar-refractivity contribution < 1.29 is 0 Å². The topological polar surface area (TPSA) is 6.48 Å². The van der Waals surface area contributed by atoms with Crippen molar-refractivity contribution in [3.05, 3.63) is 157 Å². The molecule has 0 aromatic heterocycles. The van der Waals surface area contributed by atoms with Crippen molar-refractivity contribution >= 4 is 22.7 Å². The molecule has 4 aromatic carbocycles. The van der Waals surface area contributed by atoms with Crippen molar-refractivity contribution in [2.75, 3.05) is 9.80 Å². The molecule has 0 saturated carbocycles. The van der Waals surface area contributed by atoms with Crippen LogP contribution in [0.4, 0.5) is 22.7 Å². The fraction of sp³-hybridized carbons (Fsp3) is 0.273. The van der Waals surface area contributed by atoms with Gasteiger partial charge in [0.15, 0.2) is 0 Å². The van der Waals surface area contributed by atoms with Gasteiger partial charge >= 0.3 is 0 Å². The van der Waals surface area contributed by atoms with Gasteiger partial charge in [-0.05, 0) is 85.0 Å². The Balaban J connectivity index is 0.000000856. The van der Waals surface area contributed by atoms with Crippen molar-refractivity contribution in [1.29, 1.82) is 0 Å². The van der Waals surface area contributed by atoms with Crippen molar-refractivity contribution in [3.63, 3.8) is 0 Å². The van der Waals surface area contributed by atoms with Gasteiger partial charge < -0.3 is 9.80 Å². The number of hydrogen-bond acceptors (Lipinski definition) is 2. The zero-order valence-electron chi connectivity index (χ0n) is 29.5. The molecule has 0 fully saturated rings. The molecule has 1 unspecified atom stereocenters. The summed E-state index contributed by atoms with van der Waals surface area (Å²) in [6.45, 7) is 16.0. The molecule has 0 aliphatic heterocycles. The molecule has 0 bridgehead atoms. The van der Waals surface area contributed by atoms with Gasteiger partial charge in [-0.15, -0.1) is 0 Å². The number of benzene rings is 4. The summed E-state index contributed by atoms with van der Waals surface area (Å²) in [6, 6.07) is 39.5. The average molecular weight is 613 g/mol. The highest BCUT2D eigenvalue weighted by Crippen LogP contribution is 2.35. The van der Waals surface area contributed by atoms with Crippen molar-refractivity contribution in [2.45, 2.75) is 80.7 Å². The Kier molecular flexibility index (Phi) is 18.0. The number of para-hydroxylation sites is 2. The molecule has 242 valence electrons. The van der Waals surface area contributed by atoms with Gasteiger partial charge in [-0.25, -0.2) is 0 Å². The van der Waals surface area contributed by atoms with E-state index in [0.29, 0.717) is 6.04 Å². The lowest BCUT2D eigenvalue weighted by atomic mass is 10.0. The van der Waals surface area contributed by atoms with Crippen LogP contribution < -0.4 is 9.80 Å². The van der Waals surface area contributed by atoms with Gasteiger partial charge in [0.1, 0.15) is 0 Å². The number of hydrogen-bond donors (Lipinski definition) is 0. The van der Waals surface area contributed by atoms with Crippen LogP contribution in [0.3, 0.4) is 0 Å². The second kappa shape index (κ2) is 22.0. The fourth-order valence-corrected chi connectivity index (χ4v) is 5.29. The Hall–Kier alpha value is -4.56. The highest BCUT2D eigenvalue weighted by Gasteiger charge is 2.19. The molecule has 1 atom stereocenters. The third kappa shape index (κ3) is 10.2. The first kappa shape index (κ1) is 37.6. The van der Waals surface area contributed by atoms with Crippen LogP contribution in [0.25, 0.3) is 11.1 Å². The quantitative estimate of drug-likeness (QED) is 0.205. The van der Waals surface area contributed by atoms with E-state index >= 15 is 0 Å². The molecule has 0 spiro atoms. The summed E-state index contributed by atoms with van der Waals surface area (Å²) in [7, 11) is 0. The number of rotatable bonds is 7. The van der Waals surface area contributed by atoms with Crippen LogP contribution >= 0.6 is 0 Å². The van der Waals surface area contributed by atoms with Gasteiger partial charge in [0.2, 0.25) is 0 Å². The standard InChI is InChI=1S/C36H32N2.4C2H6/c1-5-13-31(14-6-1)37(32-15-7-2-8-16-32)35-25-21-29(22-26-35)30-23-27-36(28-24-30)38(33-17-9-3-10-18-33)34-19-11-4-12-20-34;4*1-2/h1-3,5-11,13-15,17-28,32H,4,12,16H2;4*1-2H3. The summed E-state index contributed by atoms with van der Waals surface area (Å²) in [6.07, 6.45) is 18.8. The van der Waals surface area contributed by atoms with Gasteiger partial charge in [0, 0.05) is 28.4 Å². The summed E-state index contributed by atoms with van der Waals surface area (Å²) in [5.74, 6) is 0. The Bertz CT molecular complexity index is 1460. The summed E-state index contributed by atoms with van der Waals surface area (Å²) in [5.41, 5.74) is 8.42. The molecule has 0 saturated heterocycles. The maximum absolute atomic E-state index is 2.43. The zero-order valence-corrected chi connectivity index (χ0v) is 29.5. The van der Waals surface area contributed by atoms with Crippen molar-refractivity contribution in [3.8, 4) is 11.1 Å². The summed E-state index contributed by atoms with van der Waals surface area (Å²) >= 11 is 0. The lowest BCUT2D eigenvalue weighted by Crippen LogP contribution is -2.29. The monoisotopic (exact) mass is 612 g/mol. The lowest BCUT2D eigenvalue weighted by Gasteiger charge is -2.32. The Morgan fingerprint density at radius 3 is 1.43 bits per heavy atom. The van der Waals surface area contributed by atoms with E-state index in [4.69, 9.17) is 0 Å². The first-order valence-electron chi connectivity index (χ1n) is 17.5. The van der Waals surface area contributed by atoms with Crippen LogP contribution in [0.5, 0.6) is 0 Å². The molecule has 0 radical (unpaired) electrons. The fourth-order valence-electron chi connectivity index (χ4n) is 5.29. The van der Waals surface area contributed by atoms with Crippen molar-refractivity contribution in [2.24, 2.45) is 0 Å². The van der Waals surface area contributed by atoms with E-state index in [-0.39, 0.29) is 0 Å². The number of anilines is 4. The molecular weight excluding hydrogens is 556 g/mol. The van der Waals surface area contributed by atoms with Gasteiger partial charge in [-0.1, -0.05) is 153 Å². The van der Waals surface area contributed by atoms with Gasteiger partial charge in [0.25, 0.3) is 0 Å². The minimum absolute atomic E-state index is 0.305. The number of allylic oxidation sites excluding steroid dienone is 5. The van der Waals surface area contributed by atoms with Gasteiger partial charge in [-0.2, -0.15) is 0 Å². The SMILES string of the molecule is C1=CCC(N(c2ccccc2)c2ccc(-c3ccc(N(C4=CCCC=C4)c4ccccc4)cc3)cc2)C=C1.CC.CC.CC.CC. The Labute approximate surface area is 281 Å². The molecule has 0 heterocycles. The van der Waals surface area contributed by atoms with E-state index < -0.39 is 0 Å². The van der Waals surface area contributed by atoms with E-state index in [1.54, 1.807) is 0 Å². The molecule has 2 heteroatoms. The molecule has 2 nitrogen and oxygen atoms in total. The molecule has 0 amide bonds. The second-order valence-electron chi connectivity index (χ2n) is 9.70. The van der Waals surface area contributed by atoms with Crippen LogP contribution in [-0.4, -0.2) is 6.04 Å². The molecule has 46 heavy (non-hydrogen) atoms. The summed E-state index contributed by atoms with van der Waals surface area (Å²) < 4.78 is 0. The summed E-state index contributed by atoms with van der Waals surface area (Å²) in [4.78, 5) is 4.77. The second-order valence-corrected chi connectivity index (χ2v) is 9.70. The first-order valence-corrected chi connectivity index (χ1v) is 17.5. The Morgan fingerprint density at radius 1 is 0.478 bits per heavy atom. The predicted molar refractivity (Wildman–Crippen MR) is 208 cm³/mol. The van der Waals surface area contributed by atoms with Crippen LogP contribution in [0.1, 0.15) is 74.7 Å². The number of nitrogens with zero attached hydrogens (tertiary/aromatic N) is 2. The van der Waals surface area contributed by atoms with Gasteiger partial charge in [-0.3, -0.25) is 0 Å². The van der Waals surface area contributed by atoms with E-state index in [1.807, 2.05) is 55.4 Å². The van der Waals surface area contributed by atoms with Crippen LogP contribution in [0.15, 0.2) is 157 Å². The maximum Gasteiger partial charge on any atom is 0.0559 e. The summed E-state index contributed by atoms with van der Waals surface area (Å²) in [5, 5.41) is 0. The molecule has 2 aliphatic rings. The third-order valence-corrected chi connectivity index (χ3v) is 7.18. The van der Waals surface area contributed by atoms with Crippen LogP contribution in [-0.2, 0) is 0 Å². The van der Waals surface area contributed by atoms with E-state index in [0.717, 1.165) is 19.3 Å². The lowest BCUT2D eigenvalue weighted by molar-refractivity contribution is 0.785. The predicted octanol–water partition coefficient (Wildman–Crippen LogP) is 13.9. The van der Waals surface area contributed by atoms with Crippen LogP contribution in [0.2, 0.25) is 0 Å². The minimum atomic E-state index is 0.305. The van der Waals surface area contributed by atoms with Crippen molar-refractivity contribution in [1.82, 2.24) is 0 Å². The molecule has 0 N–H and O–H groups in total. The first-order chi connectivity index (χ1) is 22.9. The largest absolute Gasteiger partial charge is 0.334 e. The molecule has 2 aliphatic carbocycles. The zero-order chi connectivity index (χ0) is 33.6. The molecule has 6 rings (SSSR count). The Morgan fingerprint density at radius 2 is 0.957 bits per heavy atom. The van der Waals surface area contributed by atoms with E-state index in [1.165, 1.54) is 39.6 Å². The van der Waals surface area contributed by atoms with E-state index in [2.05, 4.69) is 162 Å². The molecular formula is C44H56N2. The average Bonchev–Trinajstić information content (AvgIpc) is 3.17. The van der Waals surface area contributed by atoms with Gasteiger partial charge in [0.05, 0.1) is 6.04 Å². The highest BCUT2D eigenvalue weighted by atomic mass is 15.2. The smallest absolute Gasteiger partial charge is 0.0559 e. The third-order valence-electron chi connectivity index (χ3n) is 7.18. The normalized spacial score (nSPS) is 13.9. The molecule has 4 aromatic rings. The van der Waals surface area contributed by atoms with E-state index in [9.17, 15) is 0 Å². The highest BCUT2D eigenvalue weighted by molar-refractivity contribution is 5.75. The minimum Gasteiger partial charge on any atom is -0.334 e. The maximum atomic E-state index is 2.43.